The zero-order chi connectivity index (χ0) is 35.0. The van der Waals surface area contributed by atoms with Gasteiger partial charge in [0.25, 0.3) is 5.91 Å². The van der Waals surface area contributed by atoms with Gasteiger partial charge in [0.05, 0.1) is 6.61 Å². The lowest BCUT2D eigenvalue weighted by Crippen LogP contribution is -2.28. The maximum absolute atomic E-state index is 11.4. The summed E-state index contributed by atoms with van der Waals surface area (Å²) < 4.78 is 4.98. The van der Waals surface area contributed by atoms with Crippen LogP contribution in [0.2, 0.25) is 0 Å². The van der Waals surface area contributed by atoms with Gasteiger partial charge < -0.3 is 41.5 Å². The van der Waals surface area contributed by atoms with Crippen molar-refractivity contribution in [3.8, 4) is 0 Å². The summed E-state index contributed by atoms with van der Waals surface area (Å²) in [5, 5.41) is 34.6. The molecule has 13 nitrogen and oxygen atoms in total. The number of hydrogen-bond acceptors (Lipinski definition) is 10. The van der Waals surface area contributed by atoms with E-state index in [1.807, 2.05) is 6.08 Å². The molecule has 3 aliphatic heterocycles. The van der Waals surface area contributed by atoms with E-state index in [1.165, 1.54) is 0 Å². The molecule has 0 bridgehead atoms. The Kier molecular flexibility index (Phi) is 22.4. The third-order valence-corrected chi connectivity index (χ3v) is 7.66. The van der Waals surface area contributed by atoms with Crippen molar-refractivity contribution in [3.05, 3.63) is 23.9 Å². The molecule has 3 amide bonds. The highest BCUT2D eigenvalue weighted by molar-refractivity contribution is 7.80. The molecule has 3 rings (SSSR count). The maximum atomic E-state index is 11.4. The number of ether oxygens (including phenoxy) is 1. The van der Waals surface area contributed by atoms with E-state index in [9.17, 15) is 19.2 Å². The Hall–Kier alpha value is -3.05. The van der Waals surface area contributed by atoms with Crippen LogP contribution >= 0.6 is 36.7 Å². The average molecular weight is 715 g/mol. The first-order valence-corrected chi connectivity index (χ1v) is 17.3. The molecule has 3 fully saturated rings. The molecule has 16 heteroatoms. The number of aliphatic hydroxyl groups is 2. The fourth-order valence-corrected chi connectivity index (χ4v) is 5.12. The van der Waals surface area contributed by atoms with Crippen molar-refractivity contribution >= 4 is 75.7 Å². The normalized spacial score (nSPS) is 18.9. The summed E-state index contributed by atoms with van der Waals surface area (Å²) in [5.41, 5.74) is 0.966. The minimum Gasteiger partial charge on any atom is -0.462 e. The molecule has 2 unspecified atom stereocenters. The Labute approximate surface area is 293 Å². The van der Waals surface area contributed by atoms with Crippen LogP contribution in [0.1, 0.15) is 96.8 Å². The standard InChI is InChI=1S/C13H20N2O3S.C9H16N2O2S.C9H14N2O2S/c1-9(2)12(17)18-8-6-4-3-5-7-10-11(16)15-13(19)14-10;2*12-6-4-2-1-3-5-7-8(13)11-9(14)10-7/h10H,1,3-8H2,2H3,(H2,14,15,16,19);7,12H,1-6H2,(H2,10,11,13,14);5,12H,1-4,6H2,(H2,10,11,13,14)/b;;7-5-. The van der Waals surface area contributed by atoms with Gasteiger partial charge in [-0.05, 0) is 88.5 Å². The van der Waals surface area contributed by atoms with Gasteiger partial charge in [0.1, 0.15) is 17.8 Å². The molecule has 47 heavy (non-hydrogen) atoms. The molecular formula is C31H50N6O7S3. The lowest BCUT2D eigenvalue weighted by atomic mass is 10.1. The van der Waals surface area contributed by atoms with Crippen molar-refractivity contribution in [2.75, 3.05) is 19.8 Å². The summed E-state index contributed by atoms with van der Waals surface area (Å²) in [7, 11) is 0. The largest absolute Gasteiger partial charge is 0.462 e. The molecule has 0 saturated carbocycles. The summed E-state index contributed by atoms with van der Waals surface area (Å²) >= 11 is 14.5. The van der Waals surface area contributed by atoms with Gasteiger partial charge in [-0.3, -0.25) is 19.7 Å². The molecule has 0 aliphatic carbocycles. The number of allylic oxidation sites excluding steroid dienone is 1. The lowest BCUT2D eigenvalue weighted by Gasteiger charge is -2.07. The van der Waals surface area contributed by atoms with Crippen LogP contribution in [0.4, 0.5) is 0 Å². The molecule has 3 saturated heterocycles. The van der Waals surface area contributed by atoms with E-state index >= 15 is 0 Å². The predicted octanol–water partition coefficient (Wildman–Crippen LogP) is 2.16. The van der Waals surface area contributed by atoms with E-state index in [0.717, 1.165) is 89.9 Å². The van der Waals surface area contributed by atoms with Gasteiger partial charge in [0.2, 0.25) is 11.8 Å². The first-order chi connectivity index (χ1) is 22.5. The Bertz CT molecular complexity index is 1130. The van der Waals surface area contributed by atoms with E-state index in [-0.39, 0.29) is 49.0 Å². The second-order valence-electron chi connectivity index (χ2n) is 11.2. The Morgan fingerprint density at radius 3 is 1.64 bits per heavy atom. The highest BCUT2D eigenvalue weighted by Gasteiger charge is 2.27. The molecule has 0 aromatic heterocycles. The summed E-state index contributed by atoms with van der Waals surface area (Å²) in [4.78, 5) is 44.8. The first kappa shape index (κ1) is 42.0. The highest BCUT2D eigenvalue weighted by Crippen LogP contribution is 2.10. The fourth-order valence-electron chi connectivity index (χ4n) is 4.43. The second kappa shape index (κ2) is 25.0. The SMILES string of the molecule is C=C(C)C(=O)OCCCCCCC1NC(=S)NC1=O.O=C1NC(=S)N/C1=C\CCCCCO.O=C1NC(=S)NC1CCCCCCO. The smallest absolute Gasteiger partial charge is 0.333 e. The second-order valence-corrected chi connectivity index (χ2v) is 12.4. The summed E-state index contributed by atoms with van der Waals surface area (Å²) in [6, 6.07) is -0.328. The van der Waals surface area contributed by atoms with E-state index in [1.54, 1.807) is 6.92 Å². The summed E-state index contributed by atoms with van der Waals surface area (Å²) in [6.07, 6.45) is 14.7. The monoisotopic (exact) mass is 714 g/mol. The highest BCUT2D eigenvalue weighted by atomic mass is 32.1. The number of carbonyl (C=O) groups is 4. The number of rotatable bonds is 19. The number of thiocarbonyl (C=S) groups is 3. The van der Waals surface area contributed by atoms with Crippen molar-refractivity contribution in [2.24, 2.45) is 0 Å². The lowest BCUT2D eigenvalue weighted by molar-refractivity contribution is -0.139. The van der Waals surface area contributed by atoms with Gasteiger partial charge >= 0.3 is 5.97 Å². The van der Waals surface area contributed by atoms with E-state index in [4.69, 9.17) is 51.6 Å². The van der Waals surface area contributed by atoms with E-state index in [0.29, 0.717) is 33.2 Å². The number of esters is 1. The van der Waals surface area contributed by atoms with Gasteiger partial charge in [-0.25, -0.2) is 4.79 Å². The first-order valence-electron chi connectivity index (χ1n) is 16.1. The van der Waals surface area contributed by atoms with Crippen LogP contribution in [0.25, 0.3) is 0 Å². The van der Waals surface area contributed by atoms with E-state index < -0.39 is 0 Å². The molecule has 3 heterocycles. The predicted molar refractivity (Wildman–Crippen MR) is 192 cm³/mol. The number of nitrogens with one attached hydrogen (secondary N) is 6. The molecule has 264 valence electrons. The van der Waals surface area contributed by atoms with Gasteiger partial charge in [0.15, 0.2) is 15.3 Å². The molecule has 0 aromatic rings. The van der Waals surface area contributed by atoms with Gasteiger partial charge in [-0.1, -0.05) is 57.6 Å². The zero-order valence-corrected chi connectivity index (χ0v) is 29.6. The zero-order valence-electron chi connectivity index (χ0n) is 27.1. The van der Waals surface area contributed by atoms with Crippen LogP contribution in [0.15, 0.2) is 23.9 Å². The average Bonchev–Trinajstić information content (AvgIpc) is 3.65. The Morgan fingerprint density at radius 1 is 0.723 bits per heavy atom. The summed E-state index contributed by atoms with van der Waals surface area (Å²) in [6.45, 7) is 6.06. The van der Waals surface area contributed by atoms with Crippen LogP contribution in [0, 0.1) is 0 Å². The number of hydrogen-bond donors (Lipinski definition) is 8. The third kappa shape index (κ3) is 19.4. The number of amides is 3. The topological polar surface area (TPSA) is 190 Å². The summed E-state index contributed by atoms with van der Waals surface area (Å²) in [5.74, 6) is -0.546. The number of unbranched alkanes of at least 4 members (excludes halogenated alkanes) is 9. The van der Waals surface area contributed by atoms with Crippen LogP contribution in [-0.2, 0) is 23.9 Å². The van der Waals surface area contributed by atoms with Crippen molar-refractivity contribution in [3.63, 3.8) is 0 Å². The maximum Gasteiger partial charge on any atom is 0.333 e. The van der Waals surface area contributed by atoms with Crippen molar-refractivity contribution in [1.82, 2.24) is 31.9 Å². The number of carbonyl (C=O) groups excluding carboxylic acids is 4. The van der Waals surface area contributed by atoms with Crippen LogP contribution < -0.4 is 31.9 Å². The molecular weight excluding hydrogens is 665 g/mol. The minimum atomic E-state index is -0.333. The fraction of sp³-hybridized carbons (Fsp3) is 0.645. The van der Waals surface area contributed by atoms with Gasteiger partial charge in [0, 0.05) is 18.8 Å². The van der Waals surface area contributed by atoms with Gasteiger partial charge in [-0.15, -0.1) is 0 Å². The molecule has 2 atom stereocenters. The van der Waals surface area contributed by atoms with Crippen molar-refractivity contribution < 1.29 is 34.1 Å². The Morgan fingerprint density at radius 2 is 1.21 bits per heavy atom. The van der Waals surface area contributed by atoms with E-state index in [2.05, 4.69) is 38.5 Å². The van der Waals surface area contributed by atoms with Crippen LogP contribution in [-0.4, -0.2) is 81.1 Å². The van der Waals surface area contributed by atoms with Crippen LogP contribution in [0.3, 0.4) is 0 Å². The minimum absolute atomic E-state index is 0.0165. The third-order valence-electron chi connectivity index (χ3n) is 7.02. The van der Waals surface area contributed by atoms with Crippen molar-refractivity contribution in [2.45, 2.75) is 109 Å². The molecule has 0 aromatic carbocycles. The van der Waals surface area contributed by atoms with Crippen LogP contribution in [0.5, 0.6) is 0 Å². The molecule has 0 radical (unpaired) electrons. The van der Waals surface area contributed by atoms with Gasteiger partial charge in [-0.2, -0.15) is 0 Å². The quantitative estimate of drug-likeness (QED) is 0.0421. The number of aliphatic hydroxyl groups excluding tert-OH is 2. The Balaban J connectivity index is 0.000000359. The molecule has 0 spiro atoms. The molecule has 3 aliphatic rings. The van der Waals surface area contributed by atoms with Crippen molar-refractivity contribution in [1.29, 1.82) is 0 Å². The molecule has 8 N–H and O–H groups in total.